The molecule has 0 radical (unpaired) electrons. The topological polar surface area (TPSA) is 72.7 Å². The van der Waals surface area contributed by atoms with E-state index >= 15 is 0 Å². The molecule has 5 rings (SSSR count). The molecule has 0 saturated heterocycles. The number of aryl methyl sites for hydroxylation is 2. The molecule has 7 heteroatoms. The van der Waals surface area contributed by atoms with Gasteiger partial charge in [0.25, 0.3) is 5.95 Å². The Balaban J connectivity index is 1.78. The van der Waals surface area contributed by atoms with E-state index < -0.39 is 0 Å². The van der Waals surface area contributed by atoms with Gasteiger partial charge in [0.15, 0.2) is 0 Å². The van der Waals surface area contributed by atoms with Crippen molar-refractivity contribution in [1.29, 1.82) is 0 Å². The van der Waals surface area contributed by atoms with Crippen molar-refractivity contribution in [1.82, 2.24) is 19.7 Å². The number of nitrogens with zero attached hydrogens (tertiary/aromatic N) is 4. The lowest BCUT2D eigenvalue weighted by atomic mass is 9.84. The molecular weight excluding hydrogens is 393 g/mol. The van der Waals surface area contributed by atoms with Crippen molar-refractivity contribution in [3.05, 3.63) is 89.0 Å². The van der Waals surface area contributed by atoms with E-state index in [-0.39, 0.29) is 24.1 Å². The summed E-state index contributed by atoms with van der Waals surface area (Å²) in [5.41, 5.74) is 5.02. The highest BCUT2D eigenvalue weighted by molar-refractivity contribution is 5.96. The number of anilines is 1. The Morgan fingerprint density at radius 1 is 1.00 bits per heavy atom. The van der Waals surface area contributed by atoms with Gasteiger partial charge in [-0.3, -0.25) is 4.79 Å². The Morgan fingerprint density at radius 2 is 1.68 bits per heavy atom. The van der Waals surface area contributed by atoms with E-state index in [1.54, 1.807) is 16.8 Å². The van der Waals surface area contributed by atoms with E-state index in [0.29, 0.717) is 11.8 Å². The molecule has 0 spiro atoms. The monoisotopic (exact) mass is 413 g/mol. The number of halogens is 1. The number of fused-ring (bicyclic) bond motifs is 1. The van der Waals surface area contributed by atoms with E-state index in [1.165, 1.54) is 12.1 Å². The molecule has 1 aliphatic rings. The molecule has 1 aliphatic heterocycles. The van der Waals surface area contributed by atoms with E-state index in [4.69, 9.17) is 5.10 Å². The fourth-order valence-corrected chi connectivity index (χ4v) is 4.09. The number of hydrogen-bond acceptors (Lipinski definition) is 4. The Morgan fingerprint density at radius 3 is 2.35 bits per heavy atom. The average molecular weight is 413 g/mol. The predicted molar refractivity (Wildman–Crippen MR) is 116 cm³/mol. The third-order valence-electron chi connectivity index (χ3n) is 5.40. The van der Waals surface area contributed by atoms with E-state index in [0.717, 1.165) is 33.8 Å². The van der Waals surface area contributed by atoms with Gasteiger partial charge in [-0.1, -0.05) is 42.5 Å². The number of aromatic nitrogens is 4. The third-order valence-corrected chi connectivity index (χ3v) is 5.40. The summed E-state index contributed by atoms with van der Waals surface area (Å²) in [4.78, 5) is 21.8. The molecule has 6 nitrogen and oxygen atoms in total. The van der Waals surface area contributed by atoms with Crippen LogP contribution in [0, 0.1) is 19.7 Å². The summed E-state index contributed by atoms with van der Waals surface area (Å²) in [6.07, 6.45) is 0.248. The molecule has 3 heterocycles. The zero-order valence-corrected chi connectivity index (χ0v) is 17.1. The van der Waals surface area contributed by atoms with Crippen LogP contribution in [0.1, 0.15) is 34.9 Å². The Bertz CT molecular complexity index is 1260. The normalized spacial score (nSPS) is 15.5. The molecular formula is C24H20FN5O. The zero-order chi connectivity index (χ0) is 21.5. The quantitative estimate of drug-likeness (QED) is 0.534. The number of benzene rings is 2. The van der Waals surface area contributed by atoms with Gasteiger partial charge in [-0.15, -0.1) is 0 Å². The molecule has 2 aromatic heterocycles. The van der Waals surface area contributed by atoms with Crippen LogP contribution in [0.5, 0.6) is 0 Å². The maximum Gasteiger partial charge on any atom is 0.252 e. The third kappa shape index (κ3) is 3.48. The van der Waals surface area contributed by atoms with Crippen LogP contribution in [0.4, 0.5) is 10.2 Å². The van der Waals surface area contributed by atoms with Crippen LogP contribution in [0.2, 0.25) is 0 Å². The van der Waals surface area contributed by atoms with Gasteiger partial charge in [0.2, 0.25) is 5.91 Å². The number of carbonyl (C=O) groups excluding carboxylic acids is 1. The second kappa shape index (κ2) is 7.43. The summed E-state index contributed by atoms with van der Waals surface area (Å²) in [6.45, 7) is 3.79. The molecule has 1 atom stereocenters. The van der Waals surface area contributed by atoms with Crippen molar-refractivity contribution in [3.8, 4) is 17.2 Å². The first-order chi connectivity index (χ1) is 15.0. The van der Waals surface area contributed by atoms with Crippen molar-refractivity contribution in [2.45, 2.75) is 26.2 Å². The highest BCUT2D eigenvalue weighted by atomic mass is 19.1. The van der Waals surface area contributed by atoms with Crippen LogP contribution in [-0.4, -0.2) is 25.7 Å². The van der Waals surface area contributed by atoms with Gasteiger partial charge in [-0.05, 0) is 37.6 Å². The van der Waals surface area contributed by atoms with Gasteiger partial charge < -0.3 is 5.32 Å². The van der Waals surface area contributed by atoms with Gasteiger partial charge in [-0.2, -0.15) is 9.78 Å². The molecule has 2 aromatic carbocycles. The number of carbonyl (C=O) groups is 1. The minimum atomic E-state index is -0.313. The lowest BCUT2D eigenvalue weighted by Crippen LogP contribution is -2.25. The fourth-order valence-electron chi connectivity index (χ4n) is 4.09. The minimum absolute atomic E-state index is 0.132. The largest absolute Gasteiger partial charge is 0.310 e. The maximum absolute atomic E-state index is 13.6. The van der Waals surface area contributed by atoms with Gasteiger partial charge >= 0.3 is 0 Å². The minimum Gasteiger partial charge on any atom is -0.310 e. The molecule has 0 aliphatic carbocycles. The Labute approximate surface area is 178 Å². The molecule has 1 N–H and O–H groups in total. The number of amides is 1. The predicted octanol–water partition coefficient (Wildman–Crippen LogP) is 4.56. The second-order valence-corrected chi connectivity index (χ2v) is 7.70. The zero-order valence-electron chi connectivity index (χ0n) is 17.1. The first kappa shape index (κ1) is 19.1. The summed E-state index contributed by atoms with van der Waals surface area (Å²) in [6, 6.07) is 18.0. The lowest BCUT2D eigenvalue weighted by Gasteiger charge is -2.24. The maximum atomic E-state index is 13.6. The average Bonchev–Trinajstić information content (AvgIpc) is 3.13. The molecule has 0 fully saturated rings. The van der Waals surface area contributed by atoms with E-state index in [1.807, 2.05) is 50.2 Å². The van der Waals surface area contributed by atoms with Gasteiger partial charge in [-0.25, -0.2) is 14.4 Å². The molecule has 0 saturated carbocycles. The summed E-state index contributed by atoms with van der Waals surface area (Å²) in [5, 5.41) is 7.82. The molecule has 0 unspecified atom stereocenters. The first-order valence-electron chi connectivity index (χ1n) is 10.1. The van der Waals surface area contributed by atoms with Crippen LogP contribution in [-0.2, 0) is 4.79 Å². The SMILES string of the molecule is Cc1cc(C)nc(-n2nc(-c3ccccc3)c3c2NC(=O)C[C@@H]3c2ccc(F)cc2)n1. The summed E-state index contributed by atoms with van der Waals surface area (Å²) >= 11 is 0. The van der Waals surface area contributed by atoms with Crippen LogP contribution >= 0.6 is 0 Å². The number of nitrogens with one attached hydrogen (secondary N) is 1. The Kier molecular flexibility index (Phi) is 4.58. The smallest absolute Gasteiger partial charge is 0.252 e. The lowest BCUT2D eigenvalue weighted by molar-refractivity contribution is -0.116. The van der Waals surface area contributed by atoms with Crippen molar-refractivity contribution in [2.75, 3.05) is 5.32 Å². The van der Waals surface area contributed by atoms with Gasteiger partial charge in [0.1, 0.15) is 11.6 Å². The van der Waals surface area contributed by atoms with Crippen LogP contribution in [0.3, 0.4) is 0 Å². The molecule has 1 amide bonds. The highest BCUT2D eigenvalue weighted by Gasteiger charge is 2.35. The summed E-state index contributed by atoms with van der Waals surface area (Å²) < 4.78 is 15.2. The van der Waals surface area contributed by atoms with Crippen molar-refractivity contribution in [3.63, 3.8) is 0 Å². The van der Waals surface area contributed by atoms with Crippen LogP contribution in [0.15, 0.2) is 60.7 Å². The first-order valence-corrected chi connectivity index (χ1v) is 10.1. The molecule has 31 heavy (non-hydrogen) atoms. The van der Waals surface area contributed by atoms with E-state index in [9.17, 15) is 9.18 Å². The van der Waals surface area contributed by atoms with Crippen molar-refractivity contribution >= 4 is 11.7 Å². The van der Waals surface area contributed by atoms with E-state index in [2.05, 4.69) is 15.3 Å². The highest BCUT2D eigenvalue weighted by Crippen LogP contribution is 2.43. The molecule has 0 bridgehead atoms. The van der Waals surface area contributed by atoms with Crippen molar-refractivity contribution < 1.29 is 9.18 Å². The van der Waals surface area contributed by atoms with Gasteiger partial charge in [0, 0.05) is 34.9 Å². The van der Waals surface area contributed by atoms with Crippen LogP contribution < -0.4 is 5.32 Å². The summed E-state index contributed by atoms with van der Waals surface area (Å²) in [5.74, 6) is 0.239. The standard InChI is InChI=1S/C24H20FN5O/c1-14-12-15(2)27-24(26-14)30-23-21(22(29-30)17-6-4-3-5-7-17)19(13-20(31)28-23)16-8-10-18(25)11-9-16/h3-12,19H,13H2,1-2H3,(H,28,31)/t19-/m1/s1. The second-order valence-electron chi connectivity index (χ2n) is 7.70. The molecule has 154 valence electrons. The number of hydrogen-bond donors (Lipinski definition) is 1. The fraction of sp³-hybridized carbons (Fsp3) is 0.167. The Hall–Kier alpha value is -3.87. The molecule has 4 aromatic rings. The van der Waals surface area contributed by atoms with Crippen LogP contribution in [0.25, 0.3) is 17.2 Å². The van der Waals surface area contributed by atoms with Gasteiger partial charge in [0.05, 0.1) is 5.69 Å². The summed E-state index contributed by atoms with van der Waals surface area (Å²) in [7, 11) is 0. The van der Waals surface area contributed by atoms with Crippen molar-refractivity contribution in [2.24, 2.45) is 0 Å². The number of rotatable bonds is 3.